The van der Waals surface area contributed by atoms with Gasteiger partial charge in [0.2, 0.25) is 0 Å². The van der Waals surface area contributed by atoms with E-state index in [1.54, 1.807) is 6.92 Å². The van der Waals surface area contributed by atoms with Gasteiger partial charge in [0, 0.05) is 10.8 Å². The molecule has 1 unspecified atom stereocenters. The molecule has 3 N–H and O–H groups in total. The number of carboxylic acid groups (broad SMARTS) is 1. The third-order valence-corrected chi connectivity index (χ3v) is 6.76. The minimum Gasteiger partial charge on any atom is -0.480 e. The highest BCUT2D eigenvalue weighted by atomic mass is 32.1. The lowest BCUT2D eigenvalue weighted by atomic mass is 9.98. The summed E-state index contributed by atoms with van der Waals surface area (Å²) in [4.78, 5) is 41.0. The Bertz CT molecular complexity index is 1240. The number of thiazole rings is 1. The Morgan fingerprint density at radius 3 is 2.37 bits per heavy atom. The van der Waals surface area contributed by atoms with Crippen molar-refractivity contribution in [3.8, 4) is 11.1 Å². The molecule has 1 heterocycles. The Balaban J connectivity index is 1.34. The average Bonchev–Trinajstić information content (AvgIpc) is 3.38. The molecule has 0 aliphatic heterocycles. The van der Waals surface area contributed by atoms with Gasteiger partial charge in [-0.25, -0.2) is 14.6 Å². The molecule has 2 amide bonds. The standard InChI is InChI=1S/C26H25N3O5S/c1-3-8-21(25(31)32)28-24(30)23-15(2)35-22(29-23)13-27-26(33)34-14-20-18-11-6-4-9-16(18)17-10-5-7-12-19(17)20/h3-7,9-12,20-21H,1,8,13-14H2,2H3,(H,27,33)(H,28,30)(H,31,32). The number of carbonyl (C=O) groups excluding carboxylic acids is 2. The summed E-state index contributed by atoms with van der Waals surface area (Å²) in [5.74, 6) is -1.77. The number of carboxylic acids is 1. The first-order valence-corrected chi connectivity index (χ1v) is 11.9. The number of alkyl carbamates (subject to hydrolysis) is 1. The summed E-state index contributed by atoms with van der Waals surface area (Å²) in [6.07, 6.45) is 0.944. The van der Waals surface area contributed by atoms with Crippen LogP contribution in [-0.4, -0.2) is 40.7 Å². The van der Waals surface area contributed by atoms with Gasteiger partial charge in [-0.15, -0.1) is 17.9 Å². The number of nitrogens with one attached hydrogen (secondary N) is 2. The highest BCUT2D eigenvalue weighted by Gasteiger charge is 2.29. The summed E-state index contributed by atoms with van der Waals surface area (Å²) >= 11 is 1.25. The van der Waals surface area contributed by atoms with Gasteiger partial charge in [-0.1, -0.05) is 54.6 Å². The fraction of sp³-hybridized carbons (Fsp3) is 0.231. The van der Waals surface area contributed by atoms with E-state index in [4.69, 9.17) is 4.74 Å². The summed E-state index contributed by atoms with van der Waals surface area (Å²) in [6, 6.07) is 15.1. The Kier molecular flexibility index (Phi) is 7.26. The Morgan fingerprint density at radius 1 is 1.14 bits per heavy atom. The molecule has 1 aromatic heterocycles. The van der Waals surface area contributed by atoms with Gasteiger partial charge in [0.1, 0.15) is 23.4 Å². The predicted molar refractivity (Wildman–Crippen MR) is 132 cm³/mol. The van der Waals surface area contributed by atoms with Gasteiger partial charge in [-0.3, -0.25) is 4.79 Å². The van der Waals surface area contributed by atoms with Crippen LogP contribution in [0.1, 0.15) is 43.8 Å². The van der Waals surface area contributed by atoms with Gasteiger partial charge in [-0.2, -0.15) is 0 Å². The minimum absolute atomic E-state index is 0.0386. The number of rotatable bonds is 9. The van der Waals surface area contributed by atoms with Crippen LogP contribution in [0, 0.1) is 6.92 Å². The number of benzene rings is 2. The van der Waals surface area contributed by atoms with E-state index in [1.165, 1.54) is 17.4 Å². The summed E-state index contributed by atoms with van der Waals surface area (Å²) in [6.45, 7) is 5.51. The molecule has 2 aromatic carbocycles. The first-order valence-electron chi connectivity index (χ1n) is 11.1. The van der Waals surface area contributed by atoms with E-state index < -0.39 is 24.0 Å². The molecule has 0 saturated carbocycles. The molecule has 0 fully saturated rings. The first-order chi connectivity index (χ1) is 16.9. The van der Waals surface area contributed by atoms with Gasteiger partial charge in [0.05, 0.1) is 6.54 Å². The number of carbonyl (C=O) groups is 3. The molecule has 0 radical (unpaired) electrons. The van der Waals surface area contributed by atoms with Crippen LogP contribution in [0.2, 0.25) is 0 Å². The quantitative estimate of drug-likeness (QED) is 0.385. The zero-order valence-electron chi connectivity index (χ0n) is 19.1. The number of aliphatic carboxylic acids is 1. The minimum atomic E-state index is -1.15. The molecule has 1 aliphatic carbocycles. The zero-order chi connectivity index (χ0) is 24.9. The molecular weight excluding hydrogens is 466 g/mol. The van der Waals surface area contributed by atoms with Gasteiger partial charge in [0.15, 0.2) is 0 Å². The molecular formula is C26H25N3O5S. The monoisotopic (exact) mass is 491 g/mol. The van der Waals surface area contributed by atoms with Crippen LogP contribution in [0.25, 0.3) is 11.1 Å². The maximum atomic E-state index is 12.5. The molecule has 1 atom stereocenters. The number of fused-ring (bicyclic) bond motifs is 3. The van der Waals surface area contributed by atoms with Gasteiger partial charge < -0.3 is 20.5 Å². The van der Waals surface area contributed by atoms with Crippen molar-refractivity contribution in [3.05, 3.63) is 87.9 Å². The molecule has 35 heavy (non-hydrogen) atoms. The molecule has 180 valence electrons. The summed E-state index contributed by atoms with van der Waals surface area (Å²) in [7, 11) is 0. The largest absolute Gasteiger partial charge is 0.480 e. The number of hydrogen-bond donors (Lipinski definition) is 3. The predicted octanol–water partition coefficient (Wildman–Crippen LogP) is 4.25. The van der Waals surface area contributed by atoms with Crippen LogP contribution in [0.5, 0.6) is 0 Å². The van der Waals surface area contributed by atoms with Crippen molar-refractivity contribution in [3.63, 3.8) is 0 Å². The summed E-state index contributed by atoms with van der Waals surface area (Å²) in [5.41, 5.74) is 4.70. The second-order valence-electron chi connectivity index (χ2n) is 8.08. The number of ether oxygens (including phenoxy) is 1. The smallest absolute Gasteiger partial charge is 0.407 e. The highest BCUT2D eigenvalue weighted by Crippen LogP contribution is 2.44. The van der Waals surface area contributed by atoms with Crippen molar-refractivity contribution < 1.29 is 24.2 Å². The maximum Gasteiger partial charge on any atom is 0.407 e. The van der Waals surface area contributed by atoms with Gasteiger partial charge in [0.25, 0.3) is 5.91 Å². The second-order valence-corrected chi connectivity index (χ2v) is 9.37. The third-order valence-electron chi connectivity index (χ3n) is 5.79. The maximum absolute atomic E-state index is 12.5. The van der Waals surface area contributed by atoms with E-state index >= 15 is 0 Å². The lowest BCUT2D eigenvalue weighted by Gasteiger charge is -2.14. The van der Waals surface area contributed by atoms with Crippen molar-refractivity contribution in [2.24, 2.45) is 0 Å². The number of nitrogens with zero attached hydrogens (tertiary/aromatic N) is 1. The van der Waals surface area contributed by atoms with Crippen LogP contribution in [0.3, 0.4) is 0 Å². The molecule has 8 nitrogen and oxygen atoms in total. The van der Waals surface area contributed by atoms with Crippen LogP contribution >= 0.6 is 11.3 Å². The van der Waals surface area contributed by atoms with E-state index in [0.717, 1.165) is 22.3 Å². The Morgan fingerprint density at radius 2 is 1.77 bits per heavy atom. The molecule has 4 rings (SSSR count). The second kappa shape index (κ2) is 10.5. The SMILES string of the molecule is C=CCC(NC(=O)c1nc(CNC(=O)OCC2c3ccccc3-c3ccccc32)sc1C)C(=O)O. The van der Waals surface area contributed by atoms with Crippen LogP contribution < -0.4 is 10.6 Å². The topological polar surface area (TPSA) is 118 Å². The Labute approximate surface area is 206 Å². The van der Waals surface area contributed by atoms with Crippen LogP contribution in [0.4, 0.5) is 4.79 Å². The fourth-order valence-corrected chi connectivity index (χ4v) is 5.02. The summed E-state index contributed by atoms with van der Waals surface area (Å²) in [5, 5.41) is 14.8. The van der Waals surface area contributed by atoms with Crippen molar-refractivity contribution in [1.82, 2.24) is 15.6 Å². The van der Waals surface area contributed by atoms with E-state index in [0.29, 0.717) is 9.88 Å². The zero-order valence-corrected chi connectivity index (χ0v) is 19.9. The molecule has 9 heteroatoms. The molecule has 0 saturated heterocycles. The van der Waals surface area contributed by atoms with Crippen molar-refractivity contribution >= 4 is 29.3 Å². The normalized spacial score (nSPS) is 12.8. The summed E-state index contributed by atoms with van der Waals surface area (Å²) < 4.78 is 5.52. The van der Waals surface area contributed by atoms with Crippen LogP contribution in [-0.2, 0) is 16.1 Å². The molecule has 3 aromatic rings. The van der Waals surface area contributed by atoms with Gasteiger partial charge >= 0.3 is 12.1 Å². The van der Waals surface area contributed by atoms with Crippen molar-refractivity contribution in [2.75, 3.05) is 6.61 Å². The lowest BCUT2D eigenvalue weighted by Crippen LogP contribution is -2.40. The highest BCUT2D eigenvalue weighted by molar-refractivity contribution is 7.11. The molecule has 1 aliphatic rings. The Hall–Kier alpha value is -3.98. The number of aromatic nitrogens is 1. The van der Waals surface area contributed by atoms with Crippen molar-refractivity contribution in [2.45, 2.75) is 31.8 Å². The van der Waals surface area contributed by atoms with E-state index in [-0.39, 0.29) is 31.2 Å². The van der Waals surface area contributed by atoms with Crippen molar-refractivity contribution in [1.29, 1.82) is 0 Å². The first kappa shape index (κ1) is 24.2. The van der Waals surface area contributed by atoms with E-state index in [1.807, 2.05) is 24.3 Å². The average molecular weight is 492 g/mol. The fourth-order valence-electron chi connectivity index (χ4n) is 4.15. The molecule has 0 spiro atoms. The van der Waals surface area contributed by atoms with E-state index in [2.05, 4.69) is 46.5 Å². The number of aryl methyl sites for hydroxylation is 1. The molecule has 0 bridgehead atoms. The lowest BCUT2D eigenvalue weighted by molar-refractivity contribution is -0.139. The van der Waals surface area contributed by atoms with E-state index in [9.17, 15) is 19.5 Å². The van der Waals surface area contributed by atoms with Gasteiger partial charge in [-0.05, 0) is 35.6 Å². The number of hydrogen-bond acceptors (Lipinski definition) is 6. The third kappa shape index (κ3) is 5.25. The number of amides is 2. The van der Waals surface area contributed by atoms with Crippen LogP contribution in [0.15, 0.2) is 61.2 Å².